The smallest absolute Gasteiger partial charge is 0.423 e. The second-order valence-electron chi connectivity index (χ2n) is 11.8. The van der Waals surface area contributed by atoms with E-state index < -0.39 is 31.0 Å². The number of hydrogen-bond donors (Lipinski definition) is 2. The molecule has 0 spiro atoms. The second-order valence-corrected chi connectivity index (χ2v) is 12.6. The molecule has 2 aliphatic rings. The van der Waals surface area contributed by atoms with Gasteiger partial charge >= 0.3 is 21.1 Å². The molecule has 228 valence electrons. The second kappa shape index (κ2) is 13.0. The molecule has 4 heterocycles. The summed E-state index contributed by atoms with van der Waals surface area (Å²) in [5, 5.41) is 38.3. The van der Waals surface area contributed by atoms with Gasteiger partial charge in [0.2, 0.25) is 0 Å². The molecule has 0 unspecified atom stereocenters. The number of aromatic nitrogens is 2. The third kappa shape index (κ3) is 7.92. The molecule has 42 heavy (non-hydrogen) atoms. The molecule has 0 aliphatic carbocycles. The van der Waals surface area contributed by atoms with Crippen LogP contribution in [0.5, 0.6) is 0 Å². The van der Waals surface area contributed by atoms with Gasteiger partial charge in [0, 0.05) is 33.5 Å². The normalized spacial score (nSPS) is 19.3. The number of pyridine rings is 2. The van der Waals surface area contributed by atoms with E-state index in [4.69, 9.17) is 28.7 Å². The molecule has 0 bridgehead atoms. The Labute approximate surface area is 254 Å². The number of nitro groups is 2. The highest BCUT2D eigenvalue weighted by Crippen LogP contribution is 2.42. The SMILES string of the molecule is CC1(C)OB(B2OC(C)(C)C(C)(C)O2)OC1(C)C.Cc1c(B(O)O)cncc1[N+](=O)[O-].Cc1c(Br)cncc1[N+](=O)[O-]. The summed E-state index contributed by atoms with van der Waals surface area (Å²) < 4.78 is 24.5. The summed E-state index contributed by atoms with van der Waals surface area (Å²) >= 11 is 3.15. The average molecular weight is 653 g/mol. The van der Waals surface area contributed by atoms with Gasteiger partial charge in [-0.3, -0.25) is 30.2 Å². The predicted octanol–water partition coefficient (Wildman–Crippen LogP) is 3.29. The minimum atomic E-state index is -1.73. The highest BCUT2D eigenvalue weighted by atomic mass is 79.9. The lowest BCUT2D eigenvalue weighted by molar-refractivity contribution is -0.385. The van der Waals surface area contributed by atoms with Crippen molar-refractivity contribution in [2.45, 2.75) is 91.6 Å². The Balaban J connectivity index is 0.000000229. The minimum absolute atomic E-state index is 0.0411. The molecule has 0 amide bonds. The first-order valence-corrected chi connectivity index (χ1v) is 13.7. The summed E-state index contributed by atoms with van der Waals surface area (Å²) in [4.78, 5) is 26.9. The maximum Gasteiger partial charge on any atom is 0.490 e. The molecular weight excluding hydrogens is 617 g/mol. The number of rotatable bonds is 4. The van der Waals surface area contributed by atoms with Crippen LogP contribution in [-0.2, 0) is 18.6 Å². The molecule has 0 aromatic carbocycles. The minimum Gasteiger partial charge on any atom is -0.423 e. The Morgan fingerprint density at radius 2 is 1.05 bits per heavy atom. The van der Waals surface area contributed by atoms with Gasteiger partial charge in [-0.1, -0.05) is 0 Å². The molecule has 14 nitrogen and oxygen atoms in total. The summed E-state index contributed by atoms with van der Waals surface area (Å²) in [6.45, 7) is 19.3. The Hall–Kier alpha value is -2.47. The van der Waals surface area contributed by atoms with Crippen LogP contribution in [0.2, 0.25) is 0 Å². The zero-order valence-corrected chi connectivity index (χ0v) is 27.0. The fraction of sp³-hybridized carbons (Fsp3) is 0.583. The molecule has 2 fully saturated rings. The van der Waals surface area contributed by atoms with E-state index in [1.165, 1.54) is 25.5 Å². The van der Waals surface area contributed by atoms with E-state index in [0.29, 0.717) is 10.0 Å². The molecule has 2 saturated heterocycles. The van der Waals surface area contributed by atoms with Crippen molar-refractivity contribution in [1.29, 1.82) is 0 Å². The Bertz CT molecular complexity index is 1250. The van der Waals surface area contributed by atoms with Gasteiger partial charge in [0.25, 0.3) is 11.4 Å². The van der Waals surface area contributed by atoms with Gasteiger partial charge in [0.15, 0.2) is 0 Å². The highest BCUT2D eigenvalue weighted by Gasteiger charge is 2.63. The van der Waals surface area contributed by atoms with Crippen LogP contribution < -0.4 is 5.46 Å². The zero-order valence-electron chi connectivity index (χ0n) is 25.4. The first kappa shape index (κ1) is 35.7. The predicted molar refractivity (Wildman–Crippen MR) is 161 cm³/mol. The molecule has 4 rings (SSSR count). The van der Waals surface area contributed by atoms with Crippen molar-refractivity contribution < 1.29 is 38.5 Å². The molecule has 2 aliphatic heterocycles. The molecule has 2 aromatic rings. The number of nitrogens with zero attached hydrogens (tertiary/aromatic N) is 4. The fourth-order valence-corrected chi connectivity index (χ4v) is 3.97. The average Bonchev–Trinajstić information content (AvgIpc) is 3.20. The van der Waals surface area contributed by atoms with Crippen molar-refractivity contribution in [3.63, 3.8) is 0 Å². The van der Waals surface area contributed by atoms with E-state index in [0.717, 1.165) is 6.20 Å². The molecule has 0 saturated carbocycles. The number of halogens is 1. The maximum atomic E-state index is 10.4. The molecule has 2 aromatic heterocycles. The van der Waals surface area contributed by atoms with Crippen LogP contribution in [0.1, 0.15) is 66.5 Å². The molecule has 0 atom stereocenters. The Kier molecular flexibility index (Phi) is 11.1. The van der Waals surface area contributed by atoms with Gasteiger partial charge in [0.1, 0.15) is 12.4 Å². The Morgan fingerprint density at radius 3 is 1.36 bits per heavy atom. The van der Waals surface area contributed by atoms with E-state index in [-0.39, 0.29) is 44.8 Å². The van der Waals surface area contributed by atoms with Crippen LogP contribution >= 0.6 is 15.9 Å². The zero-order chi connectivity index (χ0) is 32.4. The third-order valence-corrected chi connectivity index (χ3v) is 8.59. The van der Waals surface area contributed by atoms with E-state index in [9.17, 15) is 20.2 Å². The van der Waals surface area contributed by atoms with Gasteiger partial charge in [-0.25, -0.2) is 0 Å². The van der Waals surface area contributed by atoms with E-state index in [1.807, 2.05) is 55.4 Å². The highest BCUT2D eigenvalue weighted by molar-refractivity contribution is 9.10. The van der Waals surface area contributed by atoms with E-state index in [1.54, 1.807) is 6.92 Å². The summed E-state index contributed by atoms with van der Waals surface area (Å²) in [6.07, 6.45) is 5.02. The summed E-state index contributed by atoms with van der Waals surface area (Å²) in [5.41, 5.74) is -0.746. The lowest BCUT2D eigenvalue weighted by Crippen LogP contribution is -2.41. The standard InChI is InChI=1S/C12H24B2O4.C6H7BN2O4.C6H5BrN2O2/c1-9(2)10(3,4)16-13(15-9)14-17-11(5,6)12(7,8)18-14;1-4-5(7(10)11)2-8-3-6(4)9(12)13;1-4-5(7)2-8-3-6(4)9(10)11/h1-8H3;2-3,10-11H,1H3;2-3H,1H3. The number of hydrogen-bond acceptors (Lipinski definition) is 12. The first-order valence-electron chi connectivity index (χ1n) is 13.0. The van der Waals surface area contributed by atoms with E-state index >= 15 is 0 Å². The van der Waals surface area contributed by atoms with Gasteiger partial charge < -0.3 is 28.7 Å². The van der Waals surface area contributed by atoms with Crippen molar-refractivity contribution in [1.82, 2.24) is 9.97 Å². The Morgan fingerprint density at radius 1 is 0.714 bits per heavy atom. The van der Waals surface area contributed by atoms with Crippen LogP contribution in [0, 0.1) is 34.1 Å². The van der Waals surface area contributed by atoms with Crippen molar-refractivity contribution in [2.24, 2.45) is 0 Å². The summed E-state index contributed by atoms with van der Waals surface area (Å²) in [5.74, 6) is 0. The van der Waals surface area contributed by atoms with Crippen LogP contribution in [0.3, 0.4) is 0 Å². The third-order valence-electron chi connectivity index (χ3n) is 7.79. The lowest BCUT2D eigenvalue weighted by Gasteiger charge is -2.32. The maximum absolute atomic E-state index is 10.4. The van der Waals surface area contributed by atoms with Gasteiger partial charge in [-0.05, 0) is 85.2 Å². The van der Waals surface area contributed by atoms with Crippen LogP contribution in [0.25, 0.3) is 0 Å². The first-order chi connectivity index (χ1) is 19.0. The molecule has 18 heteroatoms. The van der Waals surface area contributed by atoms with Crippen LogP contribution in [0.15, 0.2) is 29.3 Å². The van der Waals surface area contributed by atoms with Gasteiger partial charge in [-0.2, -0.15) is 0 Å². The monoisotopic (exact) mass is 652 g/mol. The van der Waals surface area contributed by atoms with Crippen molar-refractivity contribution in [3.8, 4) is 0 Å². The quantitative estimate of drug-likeness (QED) is 0.279. The summed E-state index contributed by atoms with van der Waals surface area (Å²) in [7, 11) is -2.68. The van der Waals surface area contributed by atoms with Gasteiger partial charge in [-0.15, -0.1) is 0 Å². The van der Waals surface area contributed by atoms with Crippen molar-refractivity contribution in [3.05, 3.63) is 60.6 Å². The molecule has 2 N–H and O–H groups in total. The lowest BCUT2D eigenvalue weighted by atomic mass is 9.49. The molecule has 0 radical (unpaired) electrons. The van der Waals surface area contributed by atoms with Crippen molar-refractivity contribution in [2.75, 3.05) is 0 Å². The fourth-order valence-electron chi connectivity index (χ4n) is 3.65. The van der Waals surface area contributed by atoms with Gasteiger partial charge in [0.05, 0.1) is 32.3 Å². The largest absolute Gasteiger partial charge is 0.490 e. The summed E-state index contributed by atoms with van der Waals surface area (Å²) in [6, 6.07) is 0. The van der Waals surface area contributed by atoms with Crippen molar-refractivity contribution >= 4 is 53.9 Å². The van der Waals surface area contributed by atoms with Crippen LogP contribution in [-0.4, -0.2) is 73.4 Å². The topological polar surface area (TPSA) is 189 Å². The molecular formula is C24H36B3BrN4O10. The van der Waals surface area contributed by atoms with E-state index in [2.05, 4.69) is 25.9 Å². The van der Waals surface area contributed by atoms with Crippen LogP contribution in [0.4, 0.5) is 11.4 Å².